The van der Waals surface area contributed by atoms with Gasteiger partial charge in [-0.2, -0.15) is 0 Å². The average molecular weight is 537 g/mol. The average Bonchev–Trinajstić information content (AvgIpc) is 2.80. The van der Waals surface area contributed by atoms with Crippen molar-refractivity contribution >= 4 is 13.6 Å². The highest BCUT2D eigenvalue weighted by Crippen LogP contribution is 2.45. The number of nitrogens with zero attached hydrogens (tertiary/aromatic N) is 1. The van der Waals surface area contributed by atoms with Gasteiger partial charge in [0.25, 0.3) is 0 Å². The summed E-state index contributed by atoms with van der Waals surface area (Å²) >= 11 is 0. The fourth-order valence-electron chi connectivity index (χ4n) is 3.38. The van der Waals surface area contributed by atoms with Crippen molar-refractivity contribution in [1.82, 2.24) is 0 Å². The lowest BCUT2D eigenvalue weighted by atomic mass is 10.0. The van der Waals surface area contributed by atoms with Gasteiger partial charge in [-0.3, -0.25) is 19.1 Å². The summed E-state index contributed by atoms with van der Waals surface area (Å²) < 4.78 is 22.8. The van der Waals surface area contributed by atoms with Crippen molar-refractivity contribution < 1.29 is 43.0 Å². The number of hydrogen-bond acceptors (Lipinski definition) is 7. The van der Waals surface area contributed by atoms with E-state index in [1.54, 1.807) is 0 Å². The molecule has 0 aliphatic carbocycles. The predicted molar refractivity (Wildman–Crippen MR) is 143 cm³/mol. The summed E-state index contributed by atoms with van der Waals surface area (Å²) in [6, 6.07) is 0. The molecule has 0 radical (unpaired) electrons. The molecule has 0 rings (SSSR count). The fourth-order valence-corrected chi connectivity index (χ4v) is 4.29. The zero-order valence-electron chi connectivity index (χ0n) is 22.8. The Bertz CT molecular complexity index is 659. The first-order valence-electron chi connectivity index (χ1n) is 13.3. The van der Waals surface area contributed by atoms with Crippen molar-refractivity contribution in [1.29, 1.82) is 0 Å². The van der Waals surface area contributed by atoms with Crippen LogP contribution in [0.4, 0.5) is 0 Å². The minimum absolute atomic E-state index is 0.0626. The van der Waals surface area contributed by atoms with Crippen LogP contribution in [0.2, 0.25) is 0 Å². The summed E-state index contributed by atoms with van der Waals surface area (Å²) in [7, 11) is 1.10. The number of likely N-dealkylation sites (N-methyl/N-ethyl adjacent to an activating group) is 1. The molecule has 2 unspecified atom stereocenters. The van der Waals surface area contributed by atoms with Crippen molar-refractivity contribution in [3.8, 4) is 0 Å². The maximum atomic E-state index is 12.6. The van der Waals surface area contributed by atoms with Gasteiger partial charge >= 0.3 is 7.82 Å². The largest absolute Gasteiger partial charge is 0.473 e. The van der Waals surface area contributed by atoms with Crippen molar-refractivity contribution in [3.63, 3.8) is 0 Å². The molecule has 0 aromatic heterocycles. The van der Waals surface area contributed by atoms with E-state index in [1.807, 2.05) is 21.1 Å². The van der Waals surface area contributed by atoms with Crippen LogP contribution in [-0.2, 0) is 23.3 Å². The summed E-state index contributed by atoms with van der Waals surface area (Å²) in [6.45, 7) is 1.83. The molecule has 0 saturated carbocycles. The highest BCUT2D eigenvalue weighted by atomic mass is 31.2. The molecule has 0 heterocycles. The highest BCUT2D eigenvalue weighted by Gasteiger charge is 2.37. The van der Waals surface area contributed by atoms with E-state index in [-0.39, 0.29) is 13.0 Å². The van der Waals surface area contributed by atoms with Crippen LogP contribution in [0.5, 0.6) is 0 Å². The van der Waals surface area contributed by atoms with Crippen molar-refractivity contribution in [2.75, 3.05) is 40.9 Å². The number of carbonyl (C=O) groups excluding carboxylic acids is 1. The molecule has 36 heavy (non-hydrogen) atoms. The number of Topliss-reactive ketones (excluding diaryl/α,β-unsaturated/α-hetero) is 1. The van der Waals surface area contributed by atoms with Crippen LogP contribution in [-0.4, -0.2) is 78.6 Å². The Morgan fingerprint density at radius 2 is 1.53 bits per heavy atom. The second kappa shape index (κ2) is 21.1. The maximum absolute atomic E-state index is 12.6. The first kappa shape index (κ1) is 35.1. The third-order valence-electron chi connectivity index (χ3n) is 5.61. The highest BCUT2D eigenvalue weighted by molar-refractivity contribution is 7.47. The van der Waals surface area contributed by atoms with Crippen LogP contribution in [0.25, 0.3) is 0 Å². The van der Waals surface area contributed by atoms with Gasteiger partial charge in [0, 0.05) is 6.42 Å². The number of quaternary nitrogens is 1. The smallest absolute Gasteiger partial charge is 0.393 e. The van der Waals surface area contributed by atoms with E-state index in [2.05, 4.69) is 36.1 Å². The van der Waals surface area contributed by atoms with Gasteiger partial charge in [-0.1, -0.05) is 63.3 Å². The van der Waals surface area contributed by atoms with E-state index in [0.717, 1.165) is 44.9 Å². The quantitative estimate of drug-likeness (QED) is 0.0373. The summed E-state index contributed by atoms with van der Waals surface area (Å²) in [4.78, 5) is 26.7. The van der Waals surface area contributed by atoms with E-state index < -0.39 is 32.4 Å². The lowest BCUT2D eigenvalue weighted by Gasteiger charge is -2.26. The number of aliphatic hydroxyl groups excluding tert-OH is 1. The van der Waals surface area contributed by atoms with Crippen molar-refractivity contribution in [2.45, 2.75) is 96.2 Å². The number of rotatable bonds is 24. The SMILES string of the molecule is CCCCC/C=C\C/C=C\CCCCCCCC(=O)C(OP(=O)(O)OCC[N+](C)(C)C)[C@H](CO)OO. The third kappa shape index (κ3) is 20.2. The van der Waals surface area contributed by atoms with Gasteiger partial charge < -0.3 is 14.5 Å². The molecule has 0 saturated heterocycles. The topological polar surface area (TPSA) is 123 Å². The van der Waals surface area contributed by atoms with Crippen LogP contribution in [0.1, 0.15) is 84.0 Å². The second-order valence-corrected chi connectivity index (χ2v) is 11.5. The lowest BCUT2D eigenvalue weighted by Crippen LogP contribution is -2.40. The summed E-state index contributed by atoms with van der Waals surface area (Å²) in [5, 5.41) is 18.4. The van der Waals surface area contributed by atoms with Gasteiger partial charge in [0.2, 0.25) is 0 Å². The Labute approximate surface area is 218 Å². The van der Waals surface area contributed by atoms with E-state index in [4.69, 9.17) is 14.3 Å². The molecule has 3 atom stereocenters. The van der Waals surface area contributed by atoms with Crippen molar-refractivity contribution in [3.05, 3.63) is 24.3 Å². The summed E-state index contributed by atoms with van der Waals surface area (Å²) in [6.07, 6.45) is 17.4. The maximum Gasteiger partial charge on any atom is 0.473 e. The van der Waals surface area contributed by atoms with Gasteiger partial charge in [-0.25, -0.2) is 9.45 Å². The zero-order chi connectivity index (χ0) is 27.3. The van der Waals surface area contributed by atoms with Crippen LogP contribution in [0, 0.1) is 0 Å². The minimum atomic E-state index is -4.59. The molecule has 9 nitrogen and oxygen atoms in total. The lowest BCUT2D eigenvalue weighted by molar-refractivity contribution is -0.870. The predicted octanol–water partition coefficient (Wildman–Crippen LogP) is 5.43. The number of allylic oxidation sites excluding steroid dienone is 4. The Balaban J connectivity index is 4.26. The molecule has 0 bridgehead atoms. The molecular formula is C26H51NO8P+. The molecule has 0 aromatic carbocycles. The van der Waals surface area contributed by atoms with E-state index in [9.17, 15) is 19.4 Å². The standard InChI is InChI=1S/C26H50NO8P/c1-5-6-7-8-9-10-11-12-13-14-15-16-17-18-19-20-24(29)26(25(23-28)34-30)35-36(31,32)33-22-21-27(2,3)4/h9-10,12-13,25-26,28H,5-8,11,14-23H2,1-4H3,(H-,30,31,32)/p+1/b10-9-,13-12-/t25-,26?/m0/s1. The van der Waals surface area contributed by atoms with E-state index in [1.165, 1.54) is 19.3 Å². The van der Waals surface area contributed by atoms with Gasteiger partial charge in [-0.15, -0.1) is 0 Å². The zero-order valence-corrected chi connectivity index (χ0v) is 23.7. The molecule has 0 aromatic rings. The van der Waals surface area contributed by atoms with Crippen molar-refractivity contribution in [2.24, 2.45) is 0 Å². The van der Waals surface area contributed by atoms with Crippen LogP contribution in [0.3, 0.4) is 0 Å². The number of phosphoric acid groups is 1. The molecule has 0 spiro atoms. The van der Waals surface area contributed by atoms with Gasteiger partial charge in [0.1, 0.15) is 19.3 Å². The van der Waals surface area contributed by atoms with E-state index >= 15 is 0 Å². The molecule has 0 aliphatic rings. The Morgan fingerprint density at radius 1 is 0.944 bits per heavy atom. The molecule has 3 N–H and O–H groups in total. The molecule has 0 amide bonds. The first-order valence-corrected chi connectivity index (χ1v) is 14.8. The number of hydrogen-bond donors (Lipinski definition) is 3. The van der Waals surface area contributed by atoms with E-state index in [0.29, 0.717) is 17.4 Å². The number of ketones is 1. The molecule has 0 aliphatic heterocycles. The first-order chi connectivity index (χ1) is 17.1. The number of carbonyl (C=O) groups is 1. The summed E-state index contributed by atoms with van der Waals surface area (Å²) in [5.74, 6) is -0.529. The number of aliphatic hydroxyl groups is 1. The Morgan fingerprint density at radius 3 is 2.08 bits per heavy atom. The van der Waals surface area contributed by atoms with Gasteiger partial charge in [0.15, 0.2) is 11.9 Å². The minimum Gasteiger partial charge on any atom is -0.393 e. The fraction of sp³-hybridized carbons (Fsp3) is 0.808. The Hall–Kier alpha value is -0.900. The monoisotopic (exact) mass is 536 g/mol. The van der Waals surface area contributed by atoms with Crippen LogP contribution in [0.15, 0.2) is 24.3 Å². The Kier molecular flexibility index (Phi) is 20.6. The molecule has 10 heteroatoms. The third-order valence-corrected chi connectivity index (χ3v) is 6.61. The normalized spacial score (nSPS) is 16.0. The molecule has 212 valence electrons. The molecular weight excluding hydrogens is 485 g/mol. The molecule has 0 fully saturated rings. The summed E-state index contributed by atoms with van der Waals surface area (Å²) in [5.41, 5.74) is 0. The van der Waals surface area contributed by atoms with Gasteiger partial charge in [-0.05, 0) is 38.5 Å². The van der Waals surface area contributed by atoms with Crippen LogP contribution >= 0.6 is 7.82 Å². The second-order valence-electron chi connectivity index (χ2n) is 10.1. The number of phosphoric ester groups is 1. The van der Waals surface area contributed by atoms with Crippen LogP contribution < -0.4 is 0 Å². The number of unbranched alkanes of at least 4 members (excludes halogenated alkanes) is 8. The van der Waals surface area contributed by atoms with Gasteiger partial charge in [0.05, 0.1) is 27.7 Å².